The molecule has 1 aliphatic rings. The Hall–Kier alpha value is -2.03. The van der Waals surface area contributed by atoms with Gasteiger partial charge in [-0.3, -0.25) is 0 Å². The maximum Gasteiger partial charge on any atom is 0.417 e. The van der Waals surface area contributed by atoms with Crippen molar-refractivity contribution >= 4 is 12.0 Å². The first kappa shape index (κ1) is 14.4. The van der Waals surface area contributed by atoms with E-state index in [1.165, 1.54) is 12.1 Å². The molecule has 0 N–H and O–H groups in total. The topological polar surface area (TPSA) is 44.1 Å². The standard InChI is InChI=1S/C14H13F3N2O/c15-14(16,17)13-7-12(2-1-11(13)8-18)19-5-3-10(9-20)4-6-19/h1-2,7,9-10H,3-6H2. The lowest BCUT2D eigenvalue weighted by Crippen LogP contribution is -2.34. The van der Waals surface area contributed by atoms with Crippen molar-refractivity contribution in [2.45, 2.75) is 19.0 Å². The van der Waals surface area contributed by atoms with E-state index < -0.39 is 11.7 Å². The minimum atomic E-state index is -4.54. The van der Waals surface area contributed by atoms with Crippen LogP contribution >= 0.6 is 0 Å². The van der Waals surface area contributed by atoms with E-state index in [0.29, 0.717) is 31.6 Å². The summed E-state index contributed by atoms with van der Waals surface area (Å²) in [5, 5.41) is 8.75. The summed E-state index contributed by atoms with van der Waals surface area (Å²) in [6.45, 7) is 1.10. The van der Waals surface area contributed by atoms with Crippen LogP contribution in [0.1, 0.15) is 24.0 Å². The number of benzene rings is 1. The van der Waals surface area contributed by atoms with E-state index in [1.807, 2.05) is 4.90 Å². The second kappa shape index (κ2) is 5.53. The molecule has 1 heterocycles. The van der Waals surface area contributed by atoms with E-state index in [4.69, 9.17) is 5.26 Å². The third-order valence-electron chi connectivity index (χ3n) is 3.53. The lowest BCUT2D eigenvalue weighted by Gasteiger charge is -2.32. The smallest absolute Gasteiger partial charge is 0.371 e. The van der Waals surface area contributed by atoms with E-state index >= 15 is 0 Å². The average molecular weight is 282 g/mol. The largest absolute Gasteiger partial charge is 0.417 e. The fraction of sp³-hybridized carbons (Fsp3) is 0.429. The van der Waals surface area contributed by atoms with Crippen LogP contribution < -0.4 is 4.90 Å². The molecule has 3 nitrogen and oxygen atoms in total. The second-order valence-electron chi connectivity index (χ2n) is 4.80. The van der Waals surface area contributed by atoms with Gasteiger partial charge in [-0.15, -0.1) is 0 Å². The molecule has 1 aromatic carbocycles. The maximum atomic E-state index is 12.9. The molecule has 1 aromatic rings. The van der Waals surface area contributed by atoms with Crippen LogP contribution in [-0.2, 0) is 11.0 Å². The number of halogens is 3. The molecule has 0 radical (unpaired) electrons. The highest BCUT2D eigenvalue weighted by Crippen LogP contribution is 2.35. The number of hydrogen-bond donors (Lipinski definition) is 0. The molecule has 2 rings (SSSR count). The molecule has 0 aromatic heterocycles. The van der Waals surface area contributed by atoms with Gasteiger partial charge in [0.1, 0.15) is 6.29 Å². The molecule has 0 saturated carbocycles. The first-order chi connectivity index (χ1) is 9.45. The number of piperidine rings is 1. The molecule has 6 heteroatoms. The fourth-order valence-corrected chi connectivity index (χ4v) is 2.35. The van der Waals surface area contributed by atoms with Gasteiger partial charge in [-0.25, -0.2) is 0 Å². The van der Waals surface area contributed by atoms with Crippen LogP contribution in [0.5, 0.6) is 0 Å². The Labute approximate surface area is 114 Å². The van der Waals surface area contributed by atoms with Gasteiger partial charge in [-0.2, -0.15) is 18.4 Å². The maximum absolute atomic E-state index is 12.9. The van der Waals surface area contributed by atoms with Gasteiger partial charge in [0, 0.05) is 24.7 Å². The summed E-state index contributed by atoms with van der Waals surface area (Å²) in [5.41, 5.74) is -0.834. The molecule has 0 unspecified atom stereocenters. The van der Waals surface area contributed by atoms with Gasteiger partial charge in [0.15, 0.2) is 0 Å². The van der Waals surface area contributed by atoms with Crippen molar-refractivity contribution in [2.24, 2.45) is 5.92 Å². The molecule has 0 atom stereocenters. The first-order valence-electron chi connectivity index (χ1n) is 6.27. The number of carbonyl (C=O) groups excluding carboxylic acids is 1. The lowest BCUT2D eigenvalue weighted by molar-refractivity contribution is -0.137. The van der Waals surface area contributed by atoms with Crippen LogP contribution in [0.25, 0.3) is 0 Å². The van der Waals surface area contributed by atoms with E-state index in [-0.39, 0.29) is 11.5 Å². The molecule has 1 saturated heterocycles. The second-order valence-corrected chi connectivity index (χ2v) is 4.80. The zero-order valence-corrected chi connectivity index (χ0v) is 10.7. The van der Waals surface area contributed by atoms with Crippen molar-refractivity contribution in [3.05, 3.63) is 29.3 Å². The molecule has 0 amide bonds. The minimum absolute atomic E-state index is 0.00767. The number of rotatable bonds is 2. The van der Waals surface area contributed by atoms with E-state index in [0.717, 1.165) is 12.4 Å². The molecule has 0 aliphatic carbocycles. The summed E-state index contributed by atoms with van der Waals surface area (Å²) in [7, 11) is 0. The van der Waals surface area contributed by atoms with Crippen LogP contribution in [0, 0.1) is 17.2 Å². The molecule has 1 aliphatic heterocycles. The summed E-state index contributed by atoms with van der Waals surface area (Å²) in [6.07, 6.45) is -2.35. The summed E-state index contributed by atoms with van der Waals surface area (Å²) in [5.74, 6) is -0.00767. The predicted molar refractivity (Wildman–Crippen MR) is 67.2 cm³/mol. The molecule has 0 spiro atoms. The zero-order valence-electron chi connectivity index (χ0n) is 10.7. The Balaban J connectivity index is 2.26. The Kier molecular flexibility index (Phi) is 3.98. The summed E-state index contributed by atoms with van der Waals surface area (Å²) in [6, 6.07) is 5.30. The molecule has 106 valence electrons. The molecular weight excluding hydrogens is 269 g/mol. The van der Waals surface area contributed by atoms with Crippen molar-refractivity contribution in [1.82, 2.24) is 0 Å². The quantitative estimate of drug-likeness (QED) is 0.783. The Morgan fingerprint density at radius 1 is 1.30 bits per heavy atom. The third kappa shape index (κ3) is 2.93. The molecule has 1 fully saturated rings. The summed E-state index contributed by atoms with van der Waals surface area (Å²) >= 11 is 0. The van der Waals surface area contributed by atoms with Crippen molar-refractivity contribution in [2.75, 3.05) is 18.0 Å². The van der Waals surface area contributed by atoms with Crippen molar-refractivity contribution in [3.8, 4) is 6.07 Å². The average Bonchev–Trinajstić information content (AvgIpc) is 2.46. The lowest BCUT2D eigenvalue weighted by atomic mass is 9.97. The van der Waals surface area contributed by atoms with Crippen LogP contribution in [0.3, 0.4) is 0 Å². The number of nitrogens with zero attached hydrogens (tertiary/aromatic N) is 2. The highest BCUT2D eigenvalue weighted by atomic mass is 19.4. The minimum Gasteiger partial charge on any atom is -0.371 e. The van der Waals surface area contributed by atoms with Gasteiger partial charge in [0.2, 0.25) is 0 Å². The Morgan fingerprint density at radius 3 is 2.45 bits per heavy atom. The van der Waals surface area contributed by atoms with Gasteiger partial charge in [-0.1, -0.05) is 0 Å². The number of nitriles is 1. The molecule has 20 heavy (non-hydrogen) atoms. The van der Waals surface area contributed by atoms with E-state index in [2.05, 4.69) is 0 Å². The third-order valence-corrected chi connectivity index (χ3v) is 3.53. The van der Waals surface area contributed by atoms with Gasteiger partial charge in [0.05, 0.1) is 17.2 Å². The highest BCUT2D eigenvalue weighted by molar-refractivity contribution is 5.57. The SMILES string of the molecule is N#Cc1ccc(N2CCC(C=O)CC2)cc1C(F)(F)F. The highest BCUT2D eigenvalue weighted by Gasteiger charge is 2.34. The Bertz CT molecular complexity index is 540. The van der Waals surface area contributed by atoms with E-state index in [9.17, 15) is 18.0 Å². The van der Waals surface area contributed by atoms with Gasteiger partial charge in [0.25, 0.3) is 0 Å². The monoisotopic (exact) mass is 282 g/mol. The molecular formula is C14H13F3N2O. The number of carbonyl (C=O) groups is 1. The normalized spacial score (nSPS) is 16.8. The van der Waals surface area contributed by atoms with Crippen molar-refractivity contribution in [3.63, 3.8) is 0 Å². The summed E-state index contributed by atoms with van der Waals surface area (Å²) < 4.78 is 38.6. The van der Waals surface area contributed by atoms with Crippen LogP contribution in [0.2, 0.25) is 0 Å². The number of hydrogen-bond acceptors (Lipinski definition) is 3. The predicted octanol–water partition coefficient (Wildman–Crippen LogP) is 2.99. The van der Waals surface area contributed by atoms with E-state index in [1.54, 1.807) is 6.07 Å². The van der Waals surface area contributed by atoms with Gasteiger partial charge in [-0.05, 0) is 31.0 Å². The number of aldehydes is 1. The van der Waals surface area contributed by atoms with Crippen LogP contribution in [0.15, 0.2) is 18.2 Å². The van der Waals surface area contributed by atoms with Gasteiger partial charge < -0.3 is 9.69 Å². The first-order valence-corrected chi connectivity index (χ1v) is 6.27. The van der Waals surface area contributed by atoms with Crippen LogP contribution in [-0.4, -0.2) is 19.4 Å². The number of anilines is 1. The molecule has 0 bridgehead atoms. The number of alkyl halides is 3. The zero-order chi connectivity index (χ0) is 14.8. The summed E-state index contributed by atoms with van der Waals surface area (Å²) in [4.78, 5) is 12.5. The van der Waals surface area contributed by atoms with Crippen molar-refractivity contribution in [1.29, 1.82) is 5.26 Å². The Morgan fingerprint density at radius 2 is 1.95 bits per heavy atom. The van der Waals surface area contributed by atoms with Crippen molar-refractivity contribution < 1.29 is 18.0 Å². The van der Waals surface area contributed by atoms with Crippen LogP contribution in [0.4, 0.5) is 18.9 Å². The fourth-order valence-electron chi connectivity index (χ4n) is 2.35. The van der Waals surface area contributed by atoms with Gasteiger partial charge >= 0.3 is 6.18 Å².